The largest absolute Gasteiger partial charge is 0.453 e. The van der Waals surface area contributed by atoms with E-state index in [0.29, 0.717) is 34.7 Å². The third-order valence-electron chi connectivity index (χ3n) is 6.12. The molecule has 6 nitrogen and oxygen atoms in total. The van der Waals surface area contributed by atoms with Gasteiger partial charge >= 0.3 is 0 Å². The van der Waals surface area contributed by atoms with Crippen LogP contribution in [0, 0.1) is 18.2 Å². The Kier molecular flexibility index (Phi) is 7.82. The third kappa shape index (κ3) is 6.19. The van der Waals surface area contributed by atoms with Gasteiger partial charge in [0.2, 0.25) is 5.95 Å². The van der Waals surface area contributed by atoms with E-state index >= 15 is 4.39 Å². The molecule has 186 valence electrons. The summed E-state index contributed by atoms with van der Waals surface area (Å²) in [7, 11) is 0. The van der Waals surface area contributed by atoms with Gasteiger partial charge in [0, 0.05) is 46.8 Å². The average Bonchev–Trinajstić information content (AvgIpc) is 2.94. The summed E-state index contributed by atoms with van der Waals surface area (Å²) in [6.45, 7) is 0. The summed E-state index contributed by atoms with van der Waals surface area (Å²) < 4.78 is 24.1. The molecule has 0 unspecified atom stereocenters. The van der Waals surface area contributed by atoms with Crippen molar-refractivity contribution in [3.63, 3.8) is 0 Å². The number of ether oxygens (including phenoxy) is 1. The maximum Gasteiger partial charge on any atom is 0.223 e. The molecule has 0 saturated heterocycles. The van der Waals surface area contributed by atoms with Crippen molar-refractivity contribution in [2.75, 3.05) is 10.0 Å². The molecule has 1 saturated carbocycles. The highest BCUT2D eigenvalue weighted by Crippen LogP contribution is 2.34. The van der Waals surface area contributed by atoms with Crippen LogP contribution in [0.4, 0.5) is 16.0 Å². The predicted molar refractivity (Wildman–Crippen MR) is 146 cm³/mol. The van der Waals surface area contributed by atoms with Crippen LogP contribution in [0.5, 0.6) is 11.5 Å². The first-order valence-electron chi connectivity index (χ1n) is 12.2. The molecule has 0 spiro atoms. The summed E-state index contributed by atoms with van der Waals surface area (Å²) in [5.41, 5.74) is 2.66. The molecule has 5 rings (SSSR count). The van der Waals surface area contributed by atoms with Gasteiger partial charge < -0.3 is 14.8 Å². The monoisotopic (exact) mass is 511 g/mol. The van der Waals surface area contributed by atoms with Gasteiger partial charge in [0.1, 0.15) is 5.75 Å². The zero-order chi connectivity index (χ0) is 25.5. The number of aromatic nitrogens is 3. The topological polar surface area (TPSA) is 72.0 Å². The first kappa shape index (κ1) is 24.6. The summed E-state index contributed by atoms with van der Waals surface area (Å²) in [5, 5.41) is 3.44. The molecule has 1 aliphatic carbocycles. The SMILES string of the molecule is C#Cc1ccccc1SNc1ccc(Oc2ccncc2-c2ccnc(NC3CCCCC3)n2)c(F)c1. The molecule has 1 aliphatic rings. The Morgan fingerprint density at radius 1 is 1.00 bits per heavy atom. The standard InChI is InChI=1S/C29H26FN5OS/c1-2-20-8-6-7-11-28(20)37-35-22-12-13-27(24(30)18-22)36-26-15-16-31-19-23(26)25-14-17-32-29(34-25)33-21-9-4-3-5-10-21/h1,6-8,11-19,21,35H,3-5,9-10H2,(H,32,33,34). The highest BCUT2D eigenvalue weighted by molar-refractivity contribution is 8.00. The van der Waals surface area contributed by atoms with Gasteiger partial charge in [-0.2, -0.15) is 0 Å². The Bertz CT molecular complexity index is 1420. The van der Waals surface area contributed by atoms with Crippen LogP contribution >= 0.6 is 11.9 Å². The van der Waals surface area contributed by atoms with Crippen molar-refractivity contribution in [2.24, 2.45) is 0 Å². The lowest BCUT2D eigenvalue weighted by Crippen LogP contribution is -2.23. The van der Waals surface area contributed by atoms with E-state index in [1.54, 1.807) is 42.9 Å². The Morgan fingerprint density at radius 3 is 2.70 bits per heavy atom. The smallest absolute Gasteiger partial charge is 0.223 e. The van der Waals surface area contributed by atoms with Crippen LogP contribution in [0.2, 0.25) is 0 Å². The first-order chi connectivity index (χ1) is 18.2. The number of nitrogens with one attached hydrogen (secondary N) is 2. The summed E-state index contributed by atoms with van der Waals surface area (Å²) >= 11 is 1.33. The van der Waals surface area contributed by atoms with Crippen molar-refractivity contribution in [1.82, 2.24) is 15.0 Å². The fraction of sp³-hybridized carbons (Fsp3) is 0.207. The van der Waals surface area contributed by atoms with Gasteiger partial charge in [-0.15, -0.1) is 6.42 Å². The highest BCUT2D eigenvalue weighted by atomic mass is 32.2. The van der Waals surface area contributed by atoms with Crippen molar-refractivity contribution in [1.29, 1.82) is 0 Å². The number of terminal acetylenes is 1. The fourth-order valence-electron chi connectivity index (χ4n) is 4.23. The zero-order valence-electron chi connectivity index (χ0n) is 20.2. The van der Waals surface area contributed by atoms with E-state index in [1.165, 1.54) is 37.3 Å². The van der Waals surface area contributed by atoms with Crippen molar-refractivity contribution in [3.8, 4) is 35.1 Å². The van der Waals surface area contributed by atoms with E-state index in [-0.39, 0.29) is 5.75 Å². The summed E-state index contributed by atoms with van der Waals surface area (Å²) in [4.78, 5) is 14.2. The molecular formula is C29H26FN5OS. The minimum absolute atomic E-state index is 0.0987. The molecule has 0 radical (unpaired) electrons. The maximum absolute atomic E-state index is 15.0. The Hall–Kier alpha value is -4.09. The Balaban J connectivity index is 1.31. The van der Waals surface area contributed by atoms with Crippen molar-refractivity contribution in [3.05, 3.63) is 84.6 Å². The molecule has 1 fully saturated rings. The number of hydrogen-bond donors (Lipinski definition) is 2. The van der Waals surface area contributed by atoms with Gasteiger partial charge in [0.25, 0.3) is 0 Å². The average molecular weight is 512 g/mol. The summed E-state index contributed by atoms with van der Waals surface area (Å²) in [6, 6.07) is 16.2. The van der Waals surface area contributed by atoms with Crippen LogP contribution in [0.25, 0.3) is 11.3 Å². The first-order valence-corrected chi connectivity index (χ1v) is 13.0. The molecule has 2 heterocycles. The van der Waals surface area contributed by atoms with Gasteiger partial charge in [-0.05, 0) is 61.2 Å². The minimum atomic E-state index is -0.499. The van der Waals surface area contributed by atoms with E-state index in [0.717, 1.165) is 23.3 Å². The number of benzene rings is 2. The van der Waals surface area contributed by atoms with Gasteiger partial charge in [-0.1, -0.05) is 37.3 Å². The Labute approximate surface area is 220 Å². The molecule has 37 heavy (non-hydrogen) atoms. The van der Waals surface area contributed by atoms with Crippen molar-refractivity contribution < 1.29 is 9.13 Å². The van der Waals surface area contributed by atoms with Crippen molar-refractivity contribution in [2.45, 2.75) is 43.0 Å². The van der Waals surface area contributed by atoms with Gasteiger partial charge in [-0.3, -0.25) is 4.98 Å². The summed E-state index contributed by atoms with van der Waals surface area (Å²) in [5.74, 6) is 3.28. The van der Waals surface area contributed by atoms with Crippen molar-refractivity contribution >= 4 is 23.6 Å². The molecule has 0 amide bonds. The van der Waals surface area contributed by atoms with Gasteiger partial charge in [0.15, 0.2) is 11.6 Å². The molecular weight excluding hydrogens is 485 g/mol. The van der Waals surface area contributed by atoms with E-state index in [4.69, 9.17) is 11.2 Å². The van der Waals surface area contributed by atoms with Crippen LogP contribution in [0.3, 0.4) is 0 Å². The van der Waals surface area contributed by atoms with Crippen LogP contribution in [-0.2, 0) is 0 Å². The predicted octanol–water partition coefficient (Wildman–Crippen LogP) is 7.32. The molecule has 2 N–H and O–H groups in total. The van der Waals surface area contributed by atoms with E-state index in [2.05, 4.69) is 30.9 Å². The molecule has 4 aromatic rings. The van der Waals surface area contributed by atoms with Crippen LogP contribution in [-0.4, -0.2) is 21.0 Å². The normalized spacial score (nSPS) is 13.5. The molecule has 2 aromatic heterocycles. The second-order valence-electron chi connectivity index (χ2n) is 8.71. The van der Waals surface area contributed by atoms with Crippen LogP contribution < -0.4 is 14.8 Å². The molecule has 0 aliphatic heterocycles. The van der Waals surface area contributed by atoms with E-state index in [1.807, 2.05) is 24.3 Å². The van der Waals surface area contributed by atoms with E-state index < -0.39 is 5.82 Å². The molecule has 2 aromatic carbocycles. The summed E-state index contributed by atoms with van der Waals surface area (Å²) in [6.07, 6.45) is 16.5. The zero-order valence-corrected chi connectivity index (χ0v) is 21.0. The lowest BCUT2D eigenvalue weighted by atomic mass is 9.96. The quantitative estimate of drug-likeness (QED) is 0.190. The molecule has 8 heteroatoms. The number of hydrogen-bond acceptors (Lipinski definition) is 7. The second kappa shape index (κ2) is 11.8. The number of anilines is 2. The van der Waals surface area contributed by atoms with E-state index in [9.17, 15) is 0 Å². The Morgan fingerprint density at radius 2 is 1.86 bits per heavy atom. The van der Waals surface area contributed by atoms with Crippen LogP contribution in [0.15, 0.2) is 78.1 Å². The number of pyridine rings is 1. The van der Waals surface area contributed by atoms with Gasteiger partial charge in [0.05, 0.1) is 11.3 Å². The number of rotatable bonds is 8. The number of nitrogens with zero attached hydrogens (tertiary/aromatic N) is 3. The molecule has 0 bridgehead atoms. The fourth-order valence-corrected chi connectivity index (χ4v) is 4.96. The minimum Gasteiger partial charge on any atom is -0.453 e. The lowest BCUT2D eigenvalue weighted by Gasteiger charge is -2.22. The maximum atomic E-state index is 15.0. The van der Waals surface area contributed by atoms with Crippen LogP contribution in [0.1, 0.15) is 37.7 Å². The lowest BCUT2D eigenvalue weighted by molar-refractivity contribution is 0.443. The van der Waals surface area contributed by atoms with Gasteiger partial charge in [-0.25, -0.2) is 14.4 Å². The second-order valence-corrected chi connectivity index (χ2v) is 9.56. The number of halogens is 1. The third-order valence-corrected chi connectivity index (χ3v) is 7.04. The molecule has 0 atom stereocenters. The highest BCUT2D eigenvalue weighted by Gasteiger charge is 2.16.